The number of halogens is 1. The molecule has 0 aromatic heterocycles. The van der Waals surface area contributed by atoms with Crippen LogP contribution in [-0.2, 0) is 4.79 Å². The first kappa shape index (κ1) is 16.4. The smallest absolute Gasteiger partial charge is 0.169 e. The monoisotopic (exact) mass is 352 g/mol. The van der Waals surface area contributed by atoms with Gasteiger partial charge in [-0.2, -0.15) is 0 Å². The van der Waals surface area contributed by atoms with Crippen molar-refractivity contribution in [3.05, 3.63) is 63.9 Å². The zero-order valence-corrected chi connectivity index (χ0v) is 15.2. The number of hydrogen-bond donors (Lipinski definition) is 1. The highest BCUT2D eigenvalue weighted by Gasteiger charge is 2.41. The van der Waals surface area contributed by atoms with E-state index in [1.165, 1.54) is 0 Å². The zero-order chi connectivity index (χ0) is 17.7. The molecule has 0 aliphatic heterocycles. The first-order valence-electron chi connectivity index (χ1n) is 8.81. The van der Waals surface area contributed by atoms with E-state index < -0.39 is 0 Å². The van der Waals surface area contributed by atoms with Gasteiger partial charge in [0.25, 0.3) is 0 Å². The fraction of sp³-hybridized carbons (Fsp3) is 0.318. The second-order valence-corrected chi connectivity index (χ2v) is 7.68. The SMILES string of the molecule is Cc1ccc(-c2cccc(Cl)c2C)cc1C1=C(O)C2CCC(C2)C1=O. The molecular formula is C22H21ClO2. The minimum atomic E-state index is 0.0758. The van der Waals surface area contributed by atoms with Crippen molar-refractivity contribution in [1.82, 2.24) is 0 Å². The average molecular weight is 353 g/mol. The molecule has 1 fully saturated rings. The van der Waals surface area contributed by atoms with Gasteiger partial charge in [0.15, 0.2) is 5.78 Å². The van der Waals surface area contributed by atoms with Crippen molar-refractivity contribution in [2.45, 2.75) is 33.1 Å². The van der Waals surface area contributed by atoms with Gasteiger partial charge in [0.2, 0.25) is 0 Å². The maximum absolute atomic E-state index is 12.9. The van der Waals surface area contributed by atoms with E-state index in [-0.39, 0.29) is 17.6 Å². The summed E-state index contributed by atoms with van der Waals surface area (Å²) >= 11 is 6.27. The summed E-state index contributed by atoms with van der Waals surface area (Å²) in [6, 6.07) is 12.0. The van der Waals surface area contributed by atoms with E-state index in [1.54, 1.807) is 0 Å². The Morgan fingerprint density at radius 3 is 2.60 bits per heavy atom. The van der Waals surface area contributed by atoms with Crippen LogP contribution in [0.5, 0.6) is 0 Å². The molecule has 2 nitrogen and oxygen atoms in total. The standard InChI is InChI=1S/C22H21ClO2/c1-12-6-7-14(17-4-3-5-19(23)13(17)2)11-18(12)20-21(24)15-8-9-16(10-15)22(20)25/h3-7,11,15-16,24H,8-10H2,1-2H3. The first-order valence-corrected chi connectivity index (χ1v) is 9.19. The van der Waals surface area contributed by atoms with Gasteiger partial charge < -0.3 is 5.11 Å². The number of ketones is 1. The van der Waals surface area contributed by atoms with Crippen molar-refractivity contribution in [1.29, 1.82) is 0 Å². The van der Waals surface area contributed by atoms with Crippen molar-refractivity contribution in [3.8, 4) is 11.1 Å². The highest BCUT2D eigenvalue weighted by atomic mass is 35.5. The quantitative estimate of drug-likeness (QED) is 0.731. The van der Waals surface area contributed by atoms with Gasteiger partial charge in [-0.25, -0.2) is 0 Å². The summed E-state index contributed by atoms with van der Waals surface area (Å²) in [5.41, 5.74) is 5.51. The lowest BCUT2D eigenvalue weighted by Crippen LogP contribution is -2.21. The predicted molar refractivity (Wildman–Crippen MR) is 102 cm³/mol. The minimum absolute atomic E-state index is 0.0758. The molecule has 2 aliphatic carbocycles. The van der Waals surface area contributed by atoms with Crippen molar-refractivity contribution >= 4 is 23.0 Å². The van der Waals surface area contributed by atoms with Crippen LogP contribution in [0.15, 0.2) is 42.2 Å². The van der Waals surface area contributed by atoms with E-state index in [0.717, 1.165) is 52.1 Å². The van der Waals surface area contributed by atoms with E-state index in [9.17, 15) is 9.90 Å². The lowest BCUT2D eigenvalue weighted by atomic mass is 9.81. The predicted octanol–water partition coefficient (Wildman–Crippen LogP) is 5.89. The van der Waals surface area contributed by atoms with Gasteiger partial charge >= 0.3 is 0 Å². The summed E-state index contributed by atoms with van der Waals surface area (Å²) in [5.74, 6) is 0.622. The molecule has 2 unspecified atom stereocenters. The minimum Gasteiger partial charge on any atom is -0.511 e. The molecule has 2 bridgehead atoms. The molecule has 0 radical (unpaired) electrons. The number of benzene rings is 2. The van der Waals surface area contributed by atoms with Crippen LogP contribution in [-0.4, -0.2) is 10.9 Å². The molecule has 3 heteroatoms. The van der Waals surface area contributed by atoms with Crippen molar-refractivity contribution in [3.63, 3.8) is 0 Å². The zero-order valence-electron chi connectivity index (χ0n) is 14.5. The fourth-order valence-corrected chi connectivity index (χ4v) is 4.43. The second kappa shape index (κ2) is 6.03. The van der Waals surface area contributed by atoms with Gasteiger partial charge in [0, 0.05) is 16.9 Å². The number of fused-ring (bicyclic) bond motifs is 2. The molecule has 4 rings (SSSR count). The number of carbonyl (C=O) groups is 1. The van der Waals surface area contributed by atoms with Crippen LogP contribution in [0.25, 0.3) is 16.7 Å². The Bertz CT molecular complexity index is 910. The molecule has 1 saturated carbocycles. The lowest BCUT2D eigenvalue weighted by Gasteiger charge is -2.23. The lowest BCUT2D eigenvalue weighted by molar-refractivity contribution is -0.117. The third-order valence-corrected chi connectivity index (χ3v) is 6.19. The summed E-state index contributed by atoms with van der Waals surface area (Å²) in [7, 11) is 0. The number of carbonyl (C=O) groups excluding carboxylic acids is 1. The number of Topliss-reactive ketones (excluding diaryl/α,β-unsaturated/α-hetero) is 1. The van der Waals surface area contributed by atoms with Crippen LogP contribution in [0.1, 0.15) is 36.0 Å². The molecule has 1 N–H and O–H groups in total. The van der Waals surface area contributed by atoms with Crippen LogP contribution < -0.4 is 0 Å². The summed E-state index contributed by atoms with van der Waals surface area (Å²) in [4.78, 5) is 12.9. The van der Waals surface area contributed by atoms with Gasteiger partial charge in [0.1, 0.15) is 5.76 Å². The van der Waals surface area contributed by atoms with Crippen molar-refractivity contribution in [2.24, 2.45) is 11.8 Å². The Labute approximate surface area is 153 Å². The second-order valence-electron chi connectivity index (χ2n) is 7.27. The molecule has 0 heterocycles. The molecule has 0 saturated heterocycles. The van der Waals surface area contributed by atoms with Gasteiger partial charge in [0.05, 0.1) is 5.57 Å². The van der Waals surface area contributed by atoms with Crippen molar-refractivity contribution in [2.75, 3.05) is 0 Å². The Balaban J connectivity index is 1.88. The average Bonchev–Trinajstić information content (AvgIpc) is 3.05. The topological polar surface area (TPSA) is 37.3 Å². The molecule has 2 aromatic carbocycles. The van der Waals surface area contributed by atoms with E-state index in [4.69, 9.17) is 11.6 Å². The summed E-state index contributed by atoms with van der Waals surface area (Å²) in [6.07, 6.45) is 2.61. The Morgan fingerprint density at radius 1 is 1.04 bits per heavy atom. The van der Waals surface area contributed by atoms with E-state index in [2.05, 4.69) is 6.07 Å². The number of allylic oxidation sites excluding steroid dienone is 2. The normalized spacial score (nSPS) is 22.6. The third kappa shape index (κ3) is 2.60. The maximum Gasteiger partial charge on any atom is 0.169 e. The maximum atomic E-state index is 12.9. The molecule has 2 aliphatic rings. The van der Waals surface area contributed by atoms with E-state index in [0.29, 0.717) is 11.3 Å². The number of rotatable bonds is 2. The summed E-state index contributed by atoms with van der Waals surface area (Å²) in [5, 5.41) is 11.4. The number of aryl methyl sites for hydroxylation is 1. The van der Waals surface area contributed by atoms with Gasteiger partial charge in [-0.3, -0.25) is 4.79 Å². The Kier molecular flexibility index (Phi) is 3.96. The molecular weight excluding hydrogens is 332 g/mol. The van der Waals surface area contributed by atoms with Crippen LogP contribution in [0.4, 0.5) is 0 Å². The fourth-order valence-electron chi connectivity index (χ4n) is 4.25. The summed E-state index contributed by atoms with van der Waals surface area (Å²) < 4.78 is 0. The van der Waals surface area contributed by atoms with E-state index in [1.807, 2.05) is 44.2 Å². The molecule has 0 spiro atoms. The highest BCUT2D eigenvalue weighted by Crippen LogP contribution is 2.46. The van der Waals surface area contributed by atoms with Gasteiger partial charge in [-0.15, -0.1) is 0 Å². The molecule has 128 valence electrons. The number of hydrogen-bond acceptors (Lipinski definition) is 2. The Morgan fingerprint density at radius 2 is 1.80 bits per heavy atom. The van der Waals surface area contributed by atoms with Crippen LogP contribution in [0, 0.1) is 25.7 Å². The first-order chi connectivity index (χ1) is 12.0. The number of aliphatic hydroxyl groups is 1. The van der Waals surface area contributed by atoms with Crippen LogP contribution >= 0.6 is 11.6 Å². The van der Waals surface area contributed by atoms with Crippen molar-refractivity contribution < 1.29 is 9.90 Å². The van der Waals surface area contributed by atoms with E-state index >= 15 is 0 Å². The van der Waals surface area contributed by atoms with Gasteiger partial charge in [-0.1, -0.05) is 35.9 Å². The Hall–Kier alpha value is -2.06. The molecule has 0 amide bonds. The third-order valence-electron chi connectivity index (χ3n) is 5.78. The summed E-state index contributed by atoms with van der Waals surface area (Å²) in [6.45, 7) is 3.99. The van der Waals surface area contributed by atoms with Gasteiger partial charge in [-0.05, 0) is 73.1 Å². The highest BCUT2D eigenvalue weighted by molar-refractivity contribution is 6.31. The molecule has 2 atom stereocenters. The number of aliphatic hydroxyl groups excluding tert-OH is 1. The molecule has 2 aromatic rings. The molecule has 25 heavy (non-hydrogen) atoms. The van der Waals surface area contributed by atoms with Crippen LogP contribution in [0.3, 0.4) is 0 Å². The largest absolute Gasteiger partial charge is 0.511 e. The van der Waals surface area contributed by atoms with Crippen LogP contribution in [0.2, 0.25) is 5.02 Å².